The summed E-state index contributed by atoms with van der Waals surface area (Å²) in [4.78, 5) is 0. The molecule has 0 saturated heterocycles. The Labute approximate surface area is 84.5 Å². The van der Waals surface area contributed by atoms with Gasteiger partial charge >= 0.3 is 0 Å². The summed E-state index contributed by atoms with van der Waals surface area (Å²) >= 11 is 0. The third-order valence-corrected chi connectivity index (χ3v) is 4.05. The van der Waals surface area contributed by atoms with Gasteiger partial charge in [-0.3, -0.25) is 11.3 Å². The highest BCUT2D eigenvalue weighted by Crippen LogP contribution is 2.67. The summed E-state index contributed by atoms with van der Waals surface area (Å²) in [6.45, 7) is 2.21. The first-order valence-corrected chi connectivity index (χ1v) is 5.24. The van der Waals surface area contributed by atoms with Gasteiger partial charge in [0, 0.05) is 11.0 Å². The predicted octanol–water partition coefficient (Wildman–Crippen LogP) is 1.63. The summed E-state index contributed by atoms with van der Waals surface area (Å²) in [5.74, 6) is 5.53. The maximum absolute atomic E-state index is 5.53. The molecule has 2 bridgehead atoms. The van der Waals surface area contributed by atoms with E-state index < -0.39 is 0 Å². The molecule has 0 aromatic heterocycles. The number of aryl methyl sites for hydroxylation is 1. The molecule has 2 nitrogen and oxygen atoms in total. The number of hydrogen-bond donors (Lipinski definition) is 2. The molecule has 0 radical (unpaired) electrons. The number of nitrogens with one attached hydrogen (secondary N) is 1. The fourth-order valence-corrected chi connectivity index (χ4v) is 3.39. The Morgan fingerprint density at radius 3 is 2.43 bits per heavy atom. The average Bonchev–Trinajstić information content (AvgIpc) is 2.04. The Hall–Kier alpha value is -0.860. The number of hydrazine groups is 1. The highest BCUT2D eigenvalue weighted by atomic mass is 15.3. The smallest absolute Gasteiger partial charge is 0.0346 e. The lowest BCUT2D eigenvalue weighted by Crippen LogP contribution is -2.77. The van der Waals surface area contributed by atoms with E-state index in [1.165, 1.54) is 30.4 Å². The van der Waals surface area contributed by atoms with Crippen LogP contribution in [0.1, 0.15) is 30.4 Å². The summed E-state index contributed by atoms with van der Waals surface area (Å²) in [7, 11) is 0. The molecule has 0 aliphatic heterocycles. The van der Waals surface area contributed by atoms with E-state index in [2.05, 4.69) is 36.6 Å². The van der Waals surface area contributed by atoms with Crippen molar-refractivity contribution in [1.29, 1.82) is 0 Å². The number of nitrogens with two attached hydrogens (primary N) is 1. The van der Waals surface area contributed by atoms with Crippen molar-refractivity contribution in [3.8, 4) is 0 Å². The minimum absolute atomic E-state index is 0.294. The van der Waals surface area contributed by atoms with Gasteiger partial charge in [-0.25, -0.2) is 0 Å². The summed E-state index contributed by atoms with van der Waals surface area (Å²) in [6.07, 6.45) is 3.67. The molecule has 0 amide bonds. The summed E-state index contributed by atoms with van der Waals surface area (Å²) in [5, 5.41) is 0. The lowest BCUT2D eigenvalue weighted by atomic mass is 9.37. The van der Waals surface area contributed by atoms with Crippen molar-refractivity contribution in [3.63, 3.8) is 0 Å². The molecule has 3 aliphatic rings. The molecule has 0 spiro atoms. The van der Waals surface area contributed by atoms with Crippen molar-refractivity contribution < 1.29 is 0 Å². The topological polar surface area (TPSA) is 38.0 Å². The van der Waals surface area contributed by atoms with Crippen molar-refractivity contribution in [2.24, 2.45) is 5.84 Å². The SMILES string of the molecule is Cc1ccccc1C12CC(NN)(C1)C2. The predicted molar refractivity (Wildman–Crippen MR) is 56.8 cm³/mol. The molecule has 3 N–H and O–H groups in total. The van der Waals surface area contributed by atoms with Crippen molar-refractivity contribution >= 4 is 0 Å². The van der Waals surface area contributed by atoms with Crippen LogP contribution in [-0.4, -0.2) is 5.54 Å². The third-order valence-electron chi connectivity index (χ3n) is 4.05. The zero-order valence-electron chi connectivity index (χ0n) is 8.51. The molecular weight excluding hydrogens is 172 g/mol. The van der Waals surface area contributed by atoms with E-state index in [1.807, 2.05) is 0 Å². The normalized spacial score (nSPS) is 38.7. The van der Waals surface area contributed by atoms with Crippen molar-refractivity contribution in [2.45, 2.75) is 37.1 Å². The molecule has 74 valence electrons. The van der Waals surface area contributed by atoms with Crippen molar-refractivity contribution in [3.05, 3.63) is 35.4 Å². The quantitative estimate of drug-likeness (QED) is 0.547. The van der Waals surface area contributed by atoms with E-state index in [1.54, 1.807) is 0 Å². The standard InChI is InChI=1S/C12H16N2/c1-9-4-2-3-5-10(9)11-6-12(7-11,8-11)14-13/h2-5,14H,6-8,13H2,1H3. The fraction of sp³-hybridized carbons (Fsp3) is 0.500. The van der Waals surface area contributed by atoms with Gasteiger partial charge in [-0.05, 0) is 37.3 Å². The van der Waals surface area contributed by atoms with E-state index >= 15 is 0 Å². The lowest BCUT2D eigenvalue weighted by Gasteiger charge is -2.71. The monoisotopic (exact) mass is 188 g/mol. The van der Waals surface area contributed by atoms with Crippen LogP contribution in [0, 0.1) is 6.92 Å². The van der Waals surface area contributed by atoms with Crippen molar-refractivity contribution in [1.82, 2.24) is 5.43 Å². The van der Waals surface area contributed by atoms with Crippen LogP contribution < -0.4 is 11.3 Å². The van der Waals surface area contributed by atoms with Gasteiger partial charge in [0.25, 0.3) is 0 Å². The second kappa shape index (κ2) is 2.38. The Morgan fingerprint density at radius 2 is 1.86 bits per heavy atom. The van der Waals surface area contributed by atoms with Crippen LogP contribution in [0.3, 0.4) is 0 Å². The molecule has 0 atom stereocenters. The van der Waals surface area contributed by atoms with Gasteiger partial charge < -0.3 is 0 Å². The van der Waals surface area contributed by atoms with E-state index in [4.69, 9.17) is 5.84 Å². The molecule has 0 unspecified atom stereocenters. The Morgan fingerprint density at radius 1 is 1.21 bits per heavy atom. The Kier molecular flexibility index (Phi) is 1.44. The van der Waals surface area contributed by atoms with Gasteiger partial charge in [-0.15, -0.1) is 0 Å². The number of benzene rings is 1. The van der Waals surface area contributed by atoms with Gasteiger partial charge in [0.15, 0.2) is 0 Å². The maximum atomic E-state index is 5.53. The highest BCUT2D eigenvalue weighted by Gasteiger charge is 2.68. The molecule has 1 aromatic rings. The second-order valence-electron chi connectivity index (χ2n) is 5.05. The van der Waals surface area contributed by atoms with Crippen LogP contribution >= 0.6 is 0 Å². The fourth-order valence-electron chi connectivity index (χ4n) is 3.39. The van der Waals surface area contributed by atoms with E-state index in [9.17, 15) is 0 Å². The first-order valence-electron chi connectivity index (χ1n) is 5.24. The van der Waals surface area contributed by atoms with Crippen LogP contribution in [-0.2, 0) is 5.41 Å². The average molecular weight is 188 g/mol. The molecule has 3 aliphatic carbocycles. The zero-order chi connectivity index (χ0) is 9.81. The highest BCUT2D eigenvalue weighted by molar-refractivity contribution is 5.45. The van der Waals surface area contributed by atoms with E-state index in [-0.39, 0.29) is 0 Å². The van der Waals surface area contributed by atoms with Gasteiger partial charge in [0.2, 0.25) is 0 Å². The molecule has 4 rings (SSSR count). The first-order chi connectivity index (χ1) is 6.70. The second-order valence-corrected chi connectivity index (χ2v) is 5.05. The summed E-state index contributed by atoms with van der Waals surface area (Å²) in [5.41, 5.74) is 6.69. The molecule has 2 heteroatoms. The van der Waals surface area contributed by atoms with Gasteiger partial charge in [-0.1, -0.05) is 24.3 Å². The minimum Gasteiger partial charge on any atom is -0.271 e. The van der Waals surface area contributed by atoms with Crippen LogP contribution in [0.25, 0.3) is 0 Å². The zero-order valence-corrected chi connectivity index (χ0v) is 8.51. The van der Waals surface area contributed by atoms with Gasteiger partial charge in [0.05, 0.1) is 0 Å². The first kappa shape index (κ1) is 8.45. The number of rotatable bonds is 2. The third kappa shape index (κ3) is 0.830. The van der Waals surface area contributed by atoms with Gasteiger partial charge in [-0.2, -0.15) is 0 Å². The van der Waals surface area contributed by atoms with Crippen LogP contribution in [0.2, 0.25) is 0 Å². The Balaban J connectivity index is 1.91. The maximum Gasteiger partial charge on any atom is 0.0346 e. The molecule has 14 heavy (non-hydrogen) atoms. The molecule has 3 fully saturated rings. The van der Waals surface area contributed by atoms with E-state index in [0.29, 0.717) is 11.0 Å². The largest absolute Gasteiger partial charge is 0.271 e. The van der Waals surface area contributed by atoms with Crippen LogP contribution in [0.15, 0.2) is 24.3 Å². The van der Waals surface area contributed by atoms with Crippen molar-refractivity contribution in [2.75, 3.05) is 0 Å². The van der Waals surface area contributed by atoms with E-state index in [0.717, 1.165) is 0 Å². The molecular formula is C12H16N2. The molecule has 1 aromatic carbocycles. The van der Waals surface area contributed by atoms with Gasteiger partial charge in [0.1, 0.15) is 0 Å². The Bertz CT molecular complexity index is 364. The summed E-state index contributed by atoms with van der Waals surface area (Å²) in [6, 6.07) is 8.74. The molecule has 3 saturated carbocycles. The molecule has 0 heterocycles. The van der Waals surface area contributed by atoms with Crippen LogP contribution in [0.4, 0.5) is 0 Å². The summed E-state index contributed by atoms with van der Waals surface area (Å²) < 4.78 is 0. The minimum atomic E-state index is 0.294. The van der Waals surface area contributed by atoms with Crippen LogP contribution in [0.5, 0.6) is 0 Å². The number of hydrogen-bond acceptors (Lipinski definition) is 2. The lowest BCUT2D eigenvalue weighted by molar-refractivity contribution is -0.0886.